The SMILES string of the molecule is Cc1cccc(OCCC(C#N)c2cccc(N(C)C)c2)c1C. The molecule has 3 nitrogen and oxygen atoms in total. The van der Waals surface area contributed by atoms with E-state index in [0.29, 0.717) is 13.0 Å². The highest BCUT2D eigenvalue weighted by Crippen LogP contribution is 2.25. The number of aryl methyl sites for hydroxylation is 1. The van der Waals surface area contributed by atoms with Gasteiger partial charge in [-0.15, -0.1) is 0 Å². The van der Waals surface area contributed by atoms with E-state index in [1.807, 2.05) is 49.3 Å². The van der Waals surface area contributed by atoms with Crippen molar-refractivity contribution in [2.75, 3.05) is 25.6 Å². The number of hydrogen-bond acceptors (Lipinski definition) is 3. The van der Waals surface area contributed by atoms with E-state index in [1.54, 1.807) is 0 Å². The van der Waals surface area contributed by atoms with E-state index in [4.69, 9.17) is 4.74 Å². The van der Waals surface area contributed by atoms with Gasteiger partial charge in [0.2, 0.25) is 0 Å². The lowest BCUT2D eigenvalue weighted by atomic mass is 9.97. The summed E-state index contributed by atoms with van der Waals surface area (Å²) in [6.07, 6.45) is 0.681. The van der Waals surface area contributed by atoms with Gasteiger partial charge in [0.25, 0.3) is 0 Å². The molecular weight excluding hydrogens is 284 g/mol. The average molecular weight is 308 g/mol. The van der Waals surface area contributed by atoms with Gasteiger partial charge < -0.3 is 9.64 Å². The highest BCUT2D eigenvalue weighted by atomic mass is 16.5. The minimum atomic E-state index is -0.153. The molecule has 1 unspecified atom stereocenters. The molecule has 120 valence electrons. The van der Waals surface area contributed by atoms with E-state index >= 15 is 0 Å². The maximum Gasteiger partial charge on any atom is 0.122 e. The minimum absolute atomic E-state index is 0.153. The molecule has 0 saturated heterocycles. The standard InChI is InChI=1S/C20H24N2O/c1-15-7-5-10-20(16(15)2)23-12-11-18(14-21)17-8-6-9-19(13-17)22(3)4/h5-10,13,18H,11-12H2,1-4H3. The molecule has 0 spiro atoms. The fraction of sp³-hybridized carbons (Fsp3) is 0.350. The van der Waals surface area contributed by atoms with Crippen LogP contribution >= 0.6 is 0 Å². The second-order valence-corrected chi connectivity index (χ2v) is 6.01. The van der Waals surface area contributed by atoms with Gasteiger partial charge in [0.05, 0.1) is 18.6 Å². The average Bonchev–Trinajstić information content (AvgIpc) is 2.55. The summed E-state index contributed by atoms with van der Waals surface area (Å²) in [6.45, 7) is 4.68. The van der Waals surface area contributed by atoms with Crippen LogP contribution in [0.15, 0.2) is 42.5 Å². The molecule has 0 heterocycles. The Morgan fingerprint density at radius 1 is 1.13 bits per heavy atom. The fourth-order valence-electron chi connectivity index (χ4n) is 2.49. The summed E-state index contributed by atoms with van der Waals surface area (Å²) in [4.78, 5) is 2.05. The molecule has 0 amide bonds. The van der Waals surface area contributed by atoms with Crippen LogP contribution in [-0.4, -0.2) is 20.7 Å². The lowest BCUT2D eigenvalue weighted by molar-refractivity contribution is 0.304. The second-order valence-electron chi connectivity index (χ2n) is 6.01. The molecule has 2 rings (SSSR count). The molecular formula is C20H24N2O. The van der Waals surface area contributed by atoms with Gasteiger partial charge in [-0.25, -0.2) is 0 Å². The zero-order chi connectivity index (χ0) is 16.8. The van der Waals surface area contributed by atoms with Gasteiger partial charge >= 0.3 is 0 Å². The van der Waals surface area contributed by atoms with Crippen molar-refractivity contribution in [2.45, 2.75) is 26.2 Å². The van der Waals surface area contributed by atoms with E-state index in [1.165, 1.54) is 5.56 Å². The Hall–Kier alpha value is -2.47. The van der Waals surface area contributed by atoms with Gasteiger partial charge in [0.15, 0.2) is 0 Å². The molecule has 1 atom stereocenters. The molecule has 0 aromatic heterocycles. The van der Waals surface area contributed by atoms with Crippen LogP contribution in [0, 0.1) is 25.2 Å². The summed E-state index contributed by atoms with van der Waals surface area (Å²) in [7, 11) is 4.01. The van der Waals surface area contributed by atoms with Gasteiger partial charge in [-0.3, -0.25) is 0 Å². The van der Waals surface area contributed by atoms with E-state index in [-0.39, 0.29) is 5.92 Å². The maximum absolute atomic E-state index is 9.49. The Labute approximate surface area is 139 Å². The zero-order valence-corrected chi connectivity index (χ0v) is 14.3. The number of rotatable bonds is 6. The molecule has 0 saturated carbocycles. The number of ether oxygens (including phenoxy) is 1. The predicted octanol–water partition coefficient (Wildman–Crippen LogP) is 4.45. The third kappa shape index (κ3) is 4.26. The molecule has 23 heavy (non-hydrogen) atoms. The van der Waals surface area contributed by atoms with Crippen molar-refractivity contribution >= 4 is 5.69 Å². The number of nitriles is 1. The van der Waals surface area contributed by atoms with Crippen LogP contribution < -0.4 is 9.64 Å². The van der Waals surface area contributed by atoms with E-state index < -0.39 is 0 Å². The first-order valence-electron chi connectivity index (χ1n) is 7.89. The van der Waals surface area contributed by atoms with Crippen LogP contribution in [0.2, 0.25) is 0 Å². The summed E-state index contributed by atoms with van der Waals surface area (Å²) in [6, 6.07) is 16.6. The van der Waals surface area contributed by atoms with E-state index in [0.717, 1.165) is 22.6 Å². The lowest BCUT2D eigenvalue weighted by Crippen LogP contribution is -2.10. The van der Waals surface area contributed by atoms with Crippen LogP contribution in [0.4, 0.5) is 5.69 Å². The molecule has 0 bridgehead atoms. The Bertz CT molecular complexity index is 701. The van der Waals surface area contributed by atoms with Crippen molar-refractivity contribution in [1.29, 1.82) is 5.26 Å². The number of hydrogen-bond donors (Lipinski definition) is 0. The van der Waals surface area contributed by atoms with E-state index in [9.17, 15) is 5.26 Å². The molecule has 2 aromatic rings. The van der Waals surface area contributed by atoms with Crippen LogP contribution in [0.3, 0.4) is 0 Å². The molecule has 0 N–H and O–H groups in total. The number of benzene rings is 2. The normalized spacial score (nSPS) is 11.6. The lowest BCUT2D eigenvalue weighted by Gasteiger charge is -2.16. The predicted molar refractivity (Wildman–Crippen MR) is 95.2 cm³/mol. The molecule has 0 aliphatic rings. The zero-order valence-electron chi connectivity index (χ0n) is 14.3. The molecule has 0 fully saturated rings. The van der Waals surface area contributed by atoms with Gasteiger partial charge in [-0.2, -0.15) is 5.26 Å². The van der Waals surface area contributed by atoms with Crippen LogP contribution in [0.5, 0.6) is 5.75 Å². The Kier molecular flexibility index (Phi) is 5.65. The number of anilines is 1. The molecule has 2 aromatic carbocycles. The van der Waals surface area contributed by atoms with Gasteiger partial charge in [-0.1, -0.05) is 24.3 Å². The first-order valence-corrected chi connectivity index (χ1v) is 7.89. The second kappa shape index (κ2) is 7.69. The third-order valence-corrected chi connectivity index (χ3v) is 4.16. The van der Waals surface area contributed by atoms with E-state index in [2.05, 4.69) is 32.0 Å². The quantitative estimate of drug-likeness (QED) is 0.791. The van der Waals surface area contributed by atoms with Crippen molar-refractivity contribution < 1.29 is 4.74 Å². The summed E-state index contributed by atoms with van der Waals surface area (Å²) in [5, 5.41) is 9.49. The Morgan fingerprint density at radius 3 is 2.57 bits per heavy atom. The largest absolute Gasteiger partial charge is 0.493 e. The molecule has 0 aliphatic heterocycles. The number of nitrogens with zero attached hydrogens (tertiary/aromatic N) is 2. The first-order chi connectivity index (χ1) is 11.0. The molecule has 3 heteroatoms. The highest BCUT2D eigenvalue weighted by molar-refractivity contribution is 5.48. The summed E-state index contributed by atoms with van der Waals surface area (Å²) >= 11 is 0. The van der Waals surface area contributed by atoms with Crippen molar-refractivity contribution in [3.63, 3.8) is 0 Å². The smallest absolute Gasteiger partial charge is 0.122 e. The van der Waals surface area contributed by atoms with Crippen LogP contribution in [0.1, 0.15) is 29.0 Å². The van der Waals surface area contributed by atoms with Gasteiger partial charge in [0.1, 0.15) is 5.75 Å². The van der Waals surface area contributed by atoms with Gasteiger partial charge in [-0.05, 0) is 48.7 Å². The van der Waals surface area contributed by atoms with Crippen LogP contribution in [-0.2, 0) is 0 Å². The monoisotopic (exact) mass is 308 g/mol. The molecule has 0 radical (unpaired) electrons. The molecule has 0 aliphatic carbocycles. The van der Waals surface area contributed by atoms with Gasteiger partial charge in [0, 0.05) is 26.2 Å². The first kappa shape index (κ1) is 16.9. The Morgan fingerprint density at radius 2 is 1.87 bits per heavy atom. The van der Waals surface area contributed by atoms with Crippen LogP contribution in [0.25, 0.3) is 0 Å². The van der Waals surface area contributed by atoms with Crippen molar-refractivity contribution in [2.24, 2.45) is 0 Å². The summed E-state index contributed by atoms with van der Waals surface area (Å²) < 4.78 is 5.89. The van der Waals surface area contributed by atoms with Crippen molar-refractivity contribution in [1.82, 2.24) is 0 Å². The third-order valence-electron chi connectivity index (χ3n) is 4.16. The Balaban J connectivity index is 2.02. The minimum Gasteiger partial charge on any atom is -0.493 e. The van der Waals surface area contributed by atoms with Crippen molar-refractivity contribution in [3.05, 3.63) is 59.2 Å². The summed E-state index contributed by atoms with van der Waals surface area (Å²) in [5.74, 6) is 0.753. The maximum atomic E-state index is 9.49. The highest BCUT2D eigenvalue weighted by Gasteiger charge is 2.12. The van der Waals surface area contributed by atoms with Crippen molar-refractivity contribution in [3.8, 4) is 11.8 Å². The summed E-state index contributed by atoms with van der Waals surface area (Å²) in [5.41, 5.74) is 4.54. The fourth-order valence-corrected chi connectivity index (χ4v) is 2.49. The topological polar surface area (TPSA) is 36.3 Å².